The molecule has 0 bridgehead atoms. The smallest absolute Gasteiger partial charge is 0.340 e. The van der Waals surface area contributed by atoms with Crippen molar-refractivity contribution in [2.75, 3.05) is 20.0 Å². The number of ether oxygens (including phenoxy) is 2. The molecule has 0 aromatic heterocycles. The Balaban J connectivity index is 2.06. The second kappa shape index (κ2) is 7.87. The molecule has 2 aliphatic rings. The summed E-state index contributed by atoms with van der Waals surface area (Å²) in [5.41, 5.74) is 2.52. The molecule has 1 atom stereocenters. The van der Waals surface area contributed by atoms with E-state index < -0.39 is 18.0 Å². The highest BCUT2D eigenvalue weighted by molar-refractivity contribution is 8.04. The average Bonchev–Trinajstić information content (AvgIpc) is 2.66. The molecule has 0 saturated carbocycles. The Morgan fingerprint density at radius 2 is 2.04 bits per heavy atom. The lowest BCUT2D eigenvalue weighted by Crippen LogP contribution is -2.44. The second-order valence-corrected chi connectivity index (χ2v) is 8.64. The molecule has 1 aliphatic carbocycles. The molecule has 7 nitrogen and oxygen atoms in total. The van der Waals surface area contributed by atoms with E-state index in [0.29, 0.717) is 22.8 Å². The van der Waals surface area contributed by atoms with E-state index in [1.165, 1.54) is 26.0 Å². The number of thioether (sulfide) groups is 1. The zero-order chi connectivity index (χ0) is 20.5. The van der Waals surface area contributed by atoms with Crippen molar-refractivity contribution in [1.29, 1.82) is 0 Å². The number of allylic oxidation sites excluding steroid dienone is 2. The molecule has 0 spiro atoms. The fourth-order valence-corrected chi connectivity index (χ4v) is 4.57. The van der Waals surface area contributed by atoms with Gasteiger partial charge in [-0.3, -0.25) is 4.99 Å². The van der Waals surface area contributed by atoms with E-state index >= 15 is 0 Å². The molecule has 150 valence electrons. The van der Waals surface area contributed by atoms with Gasteiger partial charge in [-0.15, -0.1) is 11.8 Å². The molecule has 1 heterocycles. The van der Waals surface area contributed by atoms with Crippen LogP contribution in [0, 0.1) is 5.41 Å². The number of nitrogens with one attached hydrogen (secondary N) is 1. The Bertz CT molecular complexity index is 875. The topological polar surface area (TPSA) is 97.2 Å². The number of nitrogens with zero attached hydrogens (tertiary/aromatic N) is 1. The van der Waals surface area contributed by atoms with E-state index in [-0.39, 0.29) is 5.41 Å². The first kappa shape index (κ1) is 20.3. The molecule has 0 amide bonds. The van der Waals surface area contributed by atoms with Gasteiger partial charge in [0.15, 0.2) is 0 Å². The number of carbonyl (C=O) groups is 2. The highest BCUT2D eigenvalue weighted by Crippen LogP contribution is 2.43. The molecule has 1 aromatic rings. The van der Waals surface area contributed by atoms with Crippen LogP contribution in [0.15, 0.2) is 33.8 Å². The summed E-state index contributed by atoms with van der Waals surface area (Å²) < 4.78 is 10.1. The monoisotopic (exact) mass is 404 g/mol. The van der Waals surface area contributed by atoms with Crippen molar-refractivity contribution >= 4 is 35.1 Å². The summed E-state index contributed by atoms with van der Waals surface area (Å²) in [4.78, 5) is 29.4. The van der Waals surface area contributed by atoms with Gasteiger partial charge >= 0.3 is 11.9 Å². The summed E-state index contributed by atoms with van der Waals surface area (Å²) in [5.74, 6) is -0.363. The molecular weight excluding hydrogens is 380 g/mol. The van der Waals surface area contributed by atoms with E-state index in [2.05, 4.69) is 19.2 Å². The van der Waals surface area contributed by atoms with Crippen LogP contribution in [0.3, 0.4) is 0 Å². The lowest BCUT2D eigenvalue weighted by Gasteiger charge is -2.38. The number of hydrogen-bond donors (Lipinski definition) is 2. The Hall–Kier alpha value is -2.48. The zero-order valence-electron chi connectivity index (χ0n) is 16.4. The van der Waals surface area contributed by atoms with Crippen molar-refractivity contribution in [3.63, 3.8) is 0 Å². The van der Waals surface area contributed by atoms with Crippen molar-refractivity contribution in [2.24, 2.45) is 10.4 Å². The number of rotatable bonds is 4. The summed E-state index contributed by atoms with van der Waals surface area (Å²) in [6, 6.07) is 4.50. The SMILES string of the molecule is COC(=O)c1cc(OC)ccc1/N=C1\CC(C)(C)CC2=C1SCC(C(=O)O)N2. The van der Waals surface area contributed by atoms with Gasteiger partial charge in [0.05, 0.1) is 31.2 Å². The lowest BCUT2D eigenvalue weighted by molar-refractivity contribution is -0.138. The van der Waals surface area contributed by atoms with Crippen LogP contribution in [0.1, 0.15) is 37.0 Å². The Morgan fingerprint density at radius 1 is 1.29 bits per heavy atom. The number of esters is 1. The molecule has 2 N–H and O–H groups in total. The van der Waals surface area contributed by atoms with Crippen LogP contribution in [0.25, 0.3) is 0 Å². The van der Waals surface area contributed by atoms with Crippen LogP contribution < -0.4 is 10.1 Å². The number of benzene rings is 1. The molecule has 3 rings (SSSR count). The van der Waals surface area contributed by atoms with Crippen LogP contribution in [0.4, 0.5) is 5.69 Å². The average molecular weight is 404 g/mol. The molecule has 8 heteroatoms. The summed E-state index contributed by atoms with van der Waals surface area (Å²) in [6.07, 6.45) is 1.48. The van der Waals surface area contributed by atoms with Crippen molar-refractivity contribution in [1.82, 2.24) is 5.32 Å². The third-order valence-corrected chi connectivity index (χ3v) is 6.01. The van der Waals surface area contributed by atoms with Crippen LogP contribution in [0.5, 0.6) is 5.75 Å². The Kier molecular flexibility index (Phi) is 5.69. The number of carboxylic acid groups (broad SMARTS) is 1. The normalized spacial score (nSPS) is 22.3. The summed E-state index contributed by atoms with van der Waals surface area (Å²) in [6.45, 7) is 4.25. The maximum absolute atomic E-state index is 12.2. The largest absolute Gasteiger partial charge is 0.497 e. The maximum atomic E-state index is 12.2. The molecule has 0 saturated heterocycles. The van der Waals surface area contributed by atoms with Gasteiger partial charge in [-0.2, -0.15) is 0 Å². The lowest BCUT2D eigenvalue weighted by atomic mass is 9.78. The fourth-order valence-electron chi connectivity index (χ4n) is 3.42. The van der Waals surface area contributed by atoms with Crippen LogP contribution in [0.2, 0.25) is 0 Å². The number of methoxy groups -OCH3 is 2. The van der Waals surface area contributed by atoms with Crippen LogP contribution in [-0.2, 0) is 9.53 Å². The van der Waals surface area contributed by atoms with Gasteiger partial charge in [0.1, 0.15) is 11.8 Å². The summed E-state index contributed by atoms with van der Waals surface area (Å²) >= 11 is 1.50. The minimum atomic E-state index is -0.857. The molecule has 0 fully saturated rings. The van der Waals surface area contributed by atoms with Gasteiger partial charge in [0.25, 0.3) is 0 Å². The maximum Gasteiger partial charge on any atom is 0.340 e. The molecule has 0 radical (unpaired) electrons. The molecule has 1 aromatic carbocycles. The molecule has 1 unspecified atom stereocenters. The second-order valence-electron chi connectivity index (χ2n) is 7.60. The predicted molar refractivity (Wildman–Crippen MR) is 108 cm³/mol. The minimum absolute atomic E-state index is 0.0798. The van der Waals surface area contributed by atoms with E-state index in [1.54, 1.807) is 18.2 Å². The zero-order valence-corrected chi connectivity index (χ0v) is 17.2. The quantitative estimate of drug-likeness (QED) is 0.743. The van der Waals surface area contributed by atoms with Crippen LogP contribution >= 0.6 is 11.8 Å². The first-order valence-corrected chi connectivity index (χ1v) is 9.92. The minimum Gasteiger partial charge on any atom is -0.497 e. The third kappa shape index (κ3) is 4.16. The first-order valence-electron chi connectivity index (χ1n) is 8.93. The van der Waals surface area contributed by atoms with Gasteiger partial charge in [-0.05, 0) is 36.5 Å². The molecule has 28 heavy (non-hydrogen) atoms. The summed E-state index contributed by atoms with van der Waals surface area (Å²) in [5, 5.41) is 12.5. The molecular formula is C20H24N2O5S. The van der Waals surface area contributed by atoms with E-state index in [0.717, 1.165) is 29.2 Å². The number of carboxylic acids is 1. The van der Waals surface area contributed by atoms with Crippen molar-refractivity contribution in [3.8, 4) is 5.75 Å². The Labute approximate surface area is 168 Å². The standard InChI is InChI=1S/C20H24N2O5S/c1-20(2)8-14(17-15(9-20)22-16(10-28-17)18(23)24)21-13-6-5-11(26-3)7-12(13)19(25)27-4/h5-7,16,22H,8-10H2,1-4H3,(H,23,24)/b21-14+. The Morgan fingerprint density at radius 3 is 2.68 bits per heavy atom. The van der Waals surface area contributed by atoms with Crippen LogP contribution in [-0.4, -0.2) is 48.8 Å². The third-order valence-electron chi connectivity index (χ3n) is 4.74. The fraction of sp³-hybridized carbons (Fsp3) is 0.450. The number of aliphatic imine (C=N–C) groups is 1. The van der Waals surface area contributed by atoms with Gasteiger partial charge in [-0.1, -0.05) is 13.8 Å². The highest BCUT2D eigenvalue weighted by atomic mass is 32.2. The van der Waals surface area contributed by atoms with E-state index in [9.17, 15) is 14.7 Å². The predicted octanol–water partition coefficient (Wildman–Crippen LogP) is 3.38. The van der Waals surface area contributed by atoms with Crippen molar-refractivity contribution in [3.05, 3.63) is 34.4 Å². The van der Waals surface area contributed by atoms with Gasteiger partial charge in [0, 0.05) is 16.4 Å². The number of carbonyl (C=O) groups excluding carboxylic acids is 1. The number of aliphatic carboxylic acids is 1. The van der Waals surface area contributed by atoms with Gasteiger partial charge in [0.2, 0.25) is 0 Å². The first-order chi connectivity index (χ1) is 13.2. The number of hydrogen-bond acceptors (Lipinski definition) is 7. The van der Waals surface area contributed by atoms with Crippen molar-refractivity contribution in [2.45, 2.75) is 32.7 Å². The highest BCUT2D eigenvalue weighted by Gasteiger charge is 2.37. The molecule has 1 aliphatic heterocycles. The van der Waals surface area contributed by atoms with E-state index in [4.69, 9.17) is 14.5 Å². The van der Waals surface area contributed by atoms with Gasteiger partial charge < -0.3 is 19.9 Å². The van der Waals surface area contributed by atoms with Crippen molar-refractivity contribution < 1.29 is 24.2 Å². The van der Waals surface area contributed by atoms with Gasteiger partial charge in [-0.25, -0.2) is 9.59 Å². The van der Waals surface area contributed by atoms with E-state index in [1.807, 2.05) is 0 Å². The summed E-state index contributed by atoms with van der Waals surface area (Å²) in [7, 11) is 2.86.